The van der Waals surface area contributed by atoms with Gasteiger partial charge in [0.15, 0.2) is 5.78 Å². The lowest BCUT2D eigenvalue weighted by Gasteiger charge is -2.25. The molecule has 0 aromatic heterocycles. The average molecular weight is 391 g/mol. The summed E-state index contributed by atoms with van der Waals surface area (Å²) < 4.78 is 0. The smallest absolute Gasteiger partial charge is 0.194 e. The Morgan fingerprint density at radius 3 is 2.33 bits per heavy atom. The van der Waals surface area contributed by atoms with E-state index in [4.69, 9.17) is 0 Å². The van der Waals surface area contributed by atoms with Crippen molar-refractivity contribution in [2.24, 2.45) is 0 Å². The predicted octanol–water partition coefficient (Wildman–Crippen LogP) is 6.09. The minimum Gasteiger partial charge on any atom is -0.289 e. The number of rotatable bonds is 0. The van der Waals surface area contributed by atoms with Gasteiger partial charge in [0.25, 0.3) is 0 Å². The van der Waals surface area contributed by atoms with Crippen molar-refractivity contribution in [1.82, 2.24) is 0 Å². The lowest BCUT2D eigenvalue weighted by Crippen LogP contribution is -2.11. The second-order valence-electron chi connectivity index (χ2n) is 6.10. The number of carbonyl (C=O) groups excluding carboxylic acids is 1. The number of thioether (sulfide) groups is 4. The molecule has 4 aliphatic rings. The standard InChI is InChI=1S/C19H18OS4/c1-11-9-21-16-8-7-15(18-19(16)24-12(2)10-22-18)17(20)13-3-5-14(23-11)6-4-13/h3-8,11-12H,9-10H2,1-2H3. The van der Waals surface area contributed by atoms with E-state index < -0.39 is 0 Å². The maximum absolute atomic E-state index is 13.0. The second kappa shape index (κ2) is 7.02. The van der Waals surface area contributed by atoms with Gasteiger partial charge in [-0.05, 0) is 36.4 Å². The number of hydrogen-bond donors (Lipinski definition) is 0. The lowest BCUT2D eigenvalue weighted by atomic mass is 10.0. The second-order valence-corrected chi connectivity index (χ2v) is 11.2. The third-order valence-electron chi connectivity index (χ3n) is 4.03. The van der Waals surface area contributed by atoms with Crippen molar-refractivity contribution in [1.29, 1.82) is 0 Å². The Morgan fingerprint density at radius 2 is 1.54 bits per heavy atom. The van der Waals surface area contributed by atoms with Crippen molar-refractivity contribution in [3.05, 3.63) is 47.5 Å². The molecule has 0 saturated heterocycles. The summed E-state index contributed by atoms with van der Waals surface area (Å²) in [6, 6.07) is 12.3. The van der Waals surface area contributed by atoms with E-state index in [0.29, 0.717) is 10.5 Å². The molecule has 0 amide bonds. The highest BCUT2D eigenvalue weighted by Crippen LogP contribution is 2.48. The molecule has 2 unspecified atom stereocenters. The van der Waals surface area contributed by atoms with Crippen LogP contribution in [0.3, 0.4) is 0 Å². The molecule has 6 rings (SSSR count). The molecule has 0 aliphatic carbocycles. The van der Waals surface area contributed by atoms with Crippen molar-refractivity contribution in [2.75, 3.05) is 11.5 Å². The Kier molecular flexibility index (Phi) is 4.96. The van der Waals surface area contributed by atoms with E-state index in [1.807, 2.05) is 65.2 Å². The first-order valence-electron chi connectivity index (χ1n) is 8.02. The number of hydrogen-bond acceptors (Lipinski definition) is 5. The zero-order valence-corrected chi connectivity index (χ0v) is 16.8. The summed E-state index contributed by atoms with van der Waals surface area (Å²) in [6.07, 6.45) is 0. The van der Waals surface area contributed by atoms with E-state index in [1.54, 1.807) is 0 Å². The van der Waals surface area contributed by atoms with Crippen LogP contribution in [0.25, 0.3) is 0 Å². The molecular weight excluding hydrogens is 372 g/mol. The zero-order valence-electron chi connectivity index (χ0n) is 13.6. The van der Waals surface area contributed by atoms with Gasteiger partial charge in [0.2, 0.25) is 0 Å². The van der Waals surface area contributed by atoms with Crippen LogP contribution in [0.15, 0.2) is 56.0 Å². The molecule has 0 radical (unpaired) electrons. The van der Waals surface area contributed by atoms with Gasteiger partial charge in [-0.1, -0.05) is 13.8 Å². The third kappa shape index (κ3) is 3.28. The highest BCUT2D eigenvalue weighted by Gasteiger charge is 2.26. The molecule has 0 saturated carbocycles. The van der Waals surface area contributed by atoms with Gasteiger partial charge >= 0.3 is 0 Å². The van der Waals surface area contributed by atoms with Crippen LogP contribution in [-0.4, -0.2) is 27.8 Å². The maximum Gasteiger partial charge on any atom is 0.194 e. The van der Waals surface area contributed by atoms with Crippen LogP contribution >= 0.6 is 47.0 Å². The maximum atomic E-state index is 13.0. The van der Waals surface area contributed by atoms with E-state index in [9.17, 15) is 4.79 Å². The fourth-order valence-electron chi connectivity index (χ4n) is 2.84. The van der Waals surface area contributed by atoms with E-state index in [1.165, 1.54) is 19.6 Å². The Labute approximate surface area is 160 Å². The molecule has 2 aromatic rings. The molecule has 124 valence electrons. The zero-order chi connectivity index (χ0) is 16.7. The molecule has 5 heteroatoms. The van der Waals surface area contributed by atoms with Crippen LogP contribution in [0.2, 0.25) is 0 Å². The molecule has 0 N–H and O–H groups in total. The van der Waals surface area contributed by atoms with Gasteiger partial charge in [-0.15, -0.1) is 47.0 Å². The molecule has 4 bridgehead atoms. The summed E-state index contributed by atoms with van der Waals surface area (Å²) in [5.74, 6) is 2.29. The topological polar surface area (TPSA) is 17.1 Å². The monoisotopic (exact) mass is 390 g/mol. The number of benzene rings is 2. The van der Waals surface area contributed by atoms with E-state index in [-0.39, 0.29) is 5.78 Å². The van der Waals surface area contributed by atoms with Gasteiger partial charge in [-0.2, -0.15) is 0 Å². The summed E-state index contributed by atoms with van der Waals surface area (Å²) in [7, 11) is 0. The Hall–Kier alpha value is -0.490. The van der Waals surface area contributed by atoms with E-state index in [2.05, 4.69) is 32.0 Å². The first-order valence-corrected chi connectivity index (χ1v) is 11.8. The molecule has 4 heterocycles. The van der Waals surface area contributed by atoms with Crippen LogP contribution in [0, 0.1) is 0 Å². The Bertz CT molecular complexity index is 785. The van der Waals surface area contributed by atoms with Crippen molar-refractivity contribution in [2.45, 2.75) is 43.9 Å². The largest absolute Gasteiger partial charge is 0.289 e. The SMILES string of the molecule is CC1CSc2ccc(c3c2SC(C)CS3)C(=O)c2ccc(cc2)S1. The van der Waals surface area contributed by atoms with E-state index in [0.717, 1.165) is 22.6 Å². The summed E-state index contributed by atoms with van der Waals surface area (Å²) in [6.45, 7) is 4.55. The summed E-state index contributed by atoms with van der Waals surface area (Å²) in [4.78, 5) is 18.1. The molecule has 24 heavy (non-hydrogen) atoms. The minimum atomic E-state index is 0.147. The highest BCUT2D eigenvalue weighted by molar-refractivity contribution is 8.07. The van der Waals surface area contributed by atoms with Gasteiger partial charge in [0.05, 0.1) is 0 Å². The third-order valence-corrected chi connectivity index (χ3v) is 9.75. The molecule has 0 fully saturated rings. The number of ketones is 1. The summed E-state index contributed by atoms with van der Waals surface area (Å²) in [5.41, 5.74) is 1.66. The number of carbonyl (C=O) groups is 1. The van der Waals surface area contributed by atoms with E-state index >= 15 is 0 Å². The van der Waals surface area contributed by atoms with Gasteiger partial charge in [-0.3, -0.25) is 4.79 Å². The van der Waals surface area contributed by atoms with Crippen molar-refractivity contribution < 1.29 is 4.79 Å². The Balaban J connectivity index is 1.88. The quantitative estimate of drug-likeness (QED) is 0.540. The van der Waals surface area contributed by atoms with Crippen LogP contribution in [0.4, 0.5) is 0 Å². The summed E-state index contributed by atoms with van der Waals surface area (Å²) >= 11 is 7.59. The van der Waals surface area contributed by atoms with Gasteiger partial charge < -0.3 is 0 Å². The van der Waals surface area contributed by atoms with Crippen LogP contribution < -0.4 is 0 Å². The van der Waals surface area contributed by atoms with Crippen LogP contribution in [0.5, 0.6) is 0 Å². The highest BCUT2D eigenvalue weighted by atomic mass is 32.2. The lowest BCUT2D eigenvalue weighted by molar-refractivity contribution is 0.103. The fraction of sp³-hybridized carbons (Fsp3) is 0.316. The fourth-order valence-corrected chi connectivity index (χ4v) is 7.83. The molecule has 4 aliphatic heterocycles. The molecule has 0 spiro atoms. The molecule has 1 nitrogen and oxygen atoms in total. The van der Waals surface area contributed by atoms with Crippen molar-refractivity contribution >= 4 is 52.8 Å². The van der Waals surface area contributed by atoms with Gasteiger partial charge in [-0.25, -0.2) is 0 Å². The molecule has 2 aromatic carbocycles. The van der Waals surface area contributed by atoms with Crippen molar-refractivity contribution in [3.8, 4) is 0 Å². The van der Waals surface area contributed by atoms with Gasteiger partial charge in [0, 0.05) is 52.7 Å². The molecule has 2 atom stereocenters. The first-order chi connectivity index (χ1) is 11.6. The van der Waals surface area contributed by atoms with Crippen molar-refractivity contribution in [3.63, 3.8) is 0 Å². The first kappa shape index (κ1) is 17.0. The minimum absolute atomic E-state index is 0.147. The number of fused-ring (bicyclic) bond motifs is 1. The predicted molar refractivity (Wildman–Crippen MR) is 108 cm³/mol. The average Bonchev–Trinajstić information content (AvgIpc) is 2.61. The van der Waals surface area contributed by atoms with Gasteiger partial charge in [0.1, 0.15) is 0 Å². The normalized spacial score (nSPS) is 23.3. The van der Waals surface area contributed by atoms with Crippen LogP contribution in [-0.2, 0) is 0 Å². The molecular formula is C19H18OS4. The summed E-state index contributed by atoms with van der Waals surface area (Å²) in [5, 5.41) is 1.12. The van der Waals surface area contributed by atoms with Crippen LogP contribution in [0.1, 0.15) is 29.8 Å². The Morgan fingerprint density at radius 1 is 0.833 bits per heavy atom.